The average Bonchev–Trinajstić information content (AvgIpc) is 2.46. The first-order chi connectivity index (χ1) is 12.1. The smallest absolute Gasteiger partial charge is 0.550 e. The molecule has 0 aliphatic rings. The Hall–Kier alpha value is 0.539. The standard InChI is InChI=1S/3C4H7NO4.2K.Mg.5H2O/c3*5-2(4(8)9)1-3(6)7;;;;;;;;/h3*2H,1,5H2,(H,6,7)(H,8,9);;;;5*1H2/q;;;2*+1;+2;;;;;/p-4/t3*2-;;;;;;;;/m000......../s1. The van der Waals surface area contributed by atoms with E-state index in [0.717, 1.165) is 0 Å². The van der Waals surface area contributed by atoms with Gasteiger partial charge in [-0.05, 0) is 0 Å². The van der Waals surface area contributed by atoms with Crippen molar-refractivity contribution >= 4 is 58.9 Å². The van der Waals surface area contributed by atoms with Crippen molar-refractivity contribution in [1.29, 1.82) is 0 Å². The third-order valence-electron chi connectivity index (χ3n) is 2.10. The molecule has 0 aliphatic carbocycles. The van der Waals surface area contributed by atoms with Gasteiger partial charge in [0.05, 0.1) is 5.97 Å². The molecule has 0 aromatic carbocycles. The number of aliphatic carboxylic acids is 6. The maximum atomic E-state index is 9.82. The van der Waals surface area contributed by atoms with Gasteiger partial charge < -0.3 is 94.4 Å². The molecule has 18 N–H and O–H groups in total. The summed E-state index contributed by atoms with van der Waals surface area (Å²) in [5.74, 6) is -8.65. The summed E-state index contributed by atoms with van der Waals surface area (Å²) in [7, 11) is 0. The fourth-order valence-electron chi connectivity index (χ4n) is 0.797. The van der Waals surface area contributed by atoms with E-state index in [9.17, 15) is 49.2 Å². The summed E-state index contributed by atoms with van der Waals surface area (Å²) in [6.07, 6.45) is -1.99. The fraction of sp³-hybridized carbons (Fsp3) is 0.500. The summed E-state index contributed by atoms with van der Waals surface area (Å²) in [4.78, 5) is 58.3. The van der Waals surface area contributed by atoms with Crippen molar-refractivity contribution < 1.29 is 190 Å². The number of hydrogen-bond acceptors (Lipinski definition) is 13. The molecule has 0 amide bonds. The second-order valence-corrected chi connectivity index (χ2v) is 4.54. The molecular weight excluding hydrogens is 561 g/mol. The van der Waals surface area contributed by atoms with E-state index in [1.54, 1.807) is 0 Å². The van der Waals surface area contributed by atoms with Crippen LogP contribution in [0.4, 0.5) is 0 Å². The molecule has 0 rings (SSSR count). The fourth-order valence-corrected chi connectivity index (χ4v) is 0.797. The van der Waals surface area contributed by atoms with Crippen LogP contribution in [0, 0.1) is 0 Å². The molecule has 196 valence electrons. The molecule has 0 aromatic heterocycles. The van der Waals surface area contributed by atoms with E-state index in [4.69, 9.17) is 27.4 Å². The number of carbonyl (C=O) groups is 6. The average molecular weight is 588 g/mol. The molecule has 23 heteroatoms. The summed E-state index contributed by atoms with van der Waals surface area (Å²) < 4.78 is 0. The predicted octanol–water partition coefficient (Wildman–Crippen LogP) is -19.2. The van der Waals surface area contributed by atoms with Gasteiger partial charge in [0.25, 0.3) is 0 Å². The van der Waals surface area contributed by atoms with Crippen LogP contribution in [0.3, 0.4) is 0 Å². The van der Waals surface area contributed by atoms with Crippen molar-refractivity contribution in [2.45, 2.75) is 37.4 Å². The number of carboxylic acid groups (broad SMARTS) is 6. The molecular formula is C12H27K2MgN3O17. The Bertz CT molecular complexity index is 496. The van der Waals surface area contributed by atoms with Crippen molar-refractivity contribution in [3.05, 3.63) is 0 Å². The Morgan fingerprint density at radius 3 is 0.771 bits per heavy atom. The molecule has 0 aliphatic heterocycles. The normalized spacial score (nSPS) is 9.69. The molecule has 0 saturated heterocycles. The molecule has 0 saturated carbocycles. The first-order valence-corrected chi connectivity index (χ1v) is 6.64. The Morgan fingerprint density at radius 2 is 0.714 bits per heavy atom. The Balaban J connectivity index is -0.0000000246. The van der Waals surface area contributed by atoms with Crippen LogP contribution in [0.1, 0.15) is 19.3 Å². The maximum absolute atomic E-state index is 9.82. The van der Waals surface area contributed by atoms with Gasteiger partial charge in [-0.3, -0.25) is 9.59 Å². The number of nitrogens with two attached hydrogens (primary N) is 3. The molecule has 0 aromatic rings. The third-order valence-corrected chi connectivity index (χ3v) is 2.10. The zero-order valence-corrected chi connectivity index (χ0v) is 26.4. The summed E-state index contributed by atoms with van der Waals surface area (Å²) in [6.45, 7) is 0. The summed E-state index contributed by atoms with van der Waals surface area (Å²) in [5.41, 5.74) is 14.3. The van der Waals surface area contributed by atoms with Gasteiger partial charge in [-0.25, -0.2) is 0 Å². The van der Waals surface area contributed by atoms with E-state index < -0.39 is 73.2 Å². The Labute approximate surface area is 298 Å². The van der Waals surface area contributed by atoms with Gasteiger partial charge in [0.2, 0.25) is 0 Å². The van der Waals surface area contributed by atoms with Crippen molar-refractivity contribution in [3.8, 4) is 0 Å². The van der Waals surface area contributed by atoms with E-state index in [0.29, 0.717) is 0 Å². The molecule has 0 bridgehead atoms. The predicted molar refractivity (Wildman–Crippen MR) is 96.9 cm³/mol. The zero-order valence-electron chi connectivity index (χ0n) is 18.8. The van der Waals surface area contributed by atoms with E-state index >= 15 is 0 Å². The summed E-state index contributed by atoms with van der Waals surface area (Å²) >= 11 is 0. The van der Waals surface area contributed by atoms with Crippen molar-refractivity contribution in [2.75, 3.05) is 0 Å². The van der Waals surface area contributed by atoms with E-state index in [1.807, 2.05) is 0 Å². The number of carboxylic acids is 6. The number of rotatable bonds is 9. The Kier molecular flexibility index (Phi) is 83.8. The van der Waals surface area contributed by atoms with Crippen molar-refractivity contribution in [3.63, 3.8) is 0 Å². The molecule has 0 spiro atoms. The molecule has 3 atom stereocenters. The van der Waals surface area contributed by atoms with E-state index in [-0.39, 0.29) is 153 Å². The van der Waals surface area contributed by atoms with E-state index in [2.05, 4.69) is 0 Å². The van der Waals surface area contributed by atoms with Crippen LogP contribution in [-0.2, 0) is 28.8 Å². The van der Waals surface area contributed by atoms with Gasteiger partial charge in [0.15, 0.2) is 0 Å². The van der Waals surface area contributed by atoms with Crippen LogP contribution in [0.15, 0.2) is 0 Å². The van der Waals surface area contributed by atoms with Gasteiger partial charge in [-0.15, -0.1) is 0 Å². The quantitative estimate of drug-likeness (QED) is 0.156. The van der Waals surface area contributed by atoms with Gasteiger partial charge in [-0.1, -0.05) is 0 Å². The summed E-state index contributed by atoms with van der Waals surface area (Å²) in [5, 5.41) is 54.7. The second-order valence-electron chi connectivity index (χ2n) is 4.54. The van der Waals surface area contributed by atoms with Gasteiger partial charge in [-0.2, -0.15) is 0 Å². The van der Waals surface area contributed by atoms with Crippen LogP contribution in [0.2, 0.25) is 0 Å². The molecule has 0 unspecified atom stereocenters. The number of carbonyl (C=O) groups excluding carboxylic acids is 4. The monoisotopic (exact) mass is 587 g/mol. The van der Waals surface area contributed by atoms with Gasteiger partial charge in [0.1, 0.15) is 12.1 Å². The van der Waals surface area contributed by atoms with E-state index in [1.165, 1.54) is 0 Å². The molecule has 0 heterocycles. The summed E-state index contributed by atoms with van der Waals surface area (Å²) in [6, 6.07) is -4.17. The minimum Gasteiger partial charge on any atom is -0.550 e. The second kappa shape index (κ2) is 41.7. The van der Waals surface area contributed by atoms with Crippen molar-refractivity contribution in [1.82, 2.24) is 0 Å². The van der Waals surface area contributed by atoms with Gasteiger partial charge in [0, 0.05) is 43.2 Å². The SMILES string of the molecule is N[C@@H](CC(=O)[O-])C(=O)O.N[C@@H](CC(=O)[O-])C(=O)O.N[C@@H](CC(=O)[O-])C(=O)[O-].O.O.O.O.O.[K+].[K+].[Mg+2]. The van der Waals surface area contributed by atoms with Gasteiger partial charge >= 0.3 is 138 Å². The van der Waals surface area contributed by atoms with Crippen LogP contribution in [0.5, 0.6) is 0 Å². The third kappa shape index (κ3) is 60.7. The Morgan fingerprint density at radius 1 is 0.543 bits per heavy atom. The first kappa shape index (κ1) is 70.4. The first-order valence-electron chi connectivity index (χ1n) is 6.64. The minimum atomic E-state index is -1.58. The molecule has 0 radical (unpaired) electrons. The van der Waals surface area contributed by atoms with Crippen LogP contribution in [0.25, 0.3) is 0 Å². The molecule has 35 heavy (non-hydrogen) atoms. The minimum absolute atomic E-state index is 0. The van der Waals surface area contributed by atoms with Crippen LogP contribution >= 0.6 is 0 Å². The van der Waals surface area contributed by atoms with Crippen molar-refractivity contribution in [2.24, 2.45) is 17.2 Å². The van der Waals surface area contributed by atoms with Crippen LogP contribution < -0.4 is 140 Å². The topological polar surface area (TPSA) is 471 Å². The van der Waals surface area contributed by atoms with Crippen LogP contribution in [-0.4, -0.2) is 115 Å². The largest absolute Gasteiger partial charge is 2.00 e. The maximum Gasteiger partial charge on any atom is 2.00 e. The number of hydrogen-bond donors (Lipinski definition) is 5. The molecule has 0 fully saturated rings. The molecule has 20 nitrogen and oxygen atoms in total. The zero-order chi connectivity index (χ0) is 22.3.